The number of aliphatic hydroxyl groups is 1. The van der Waals surface area contributed by atoms with Gasteiger partial charge < -0.3 is 32.3 Å². The molecule has 0 aliphatic rings. The Labute approximate surface area is 267 Å². The van der Waals surface area contributed by atoms with Crippen LogP contribution in [-0.2, 0) is 38.6 Å². The molecule has 45 heavy (non-hydrogen) atoms. The van der Waals surface area contributed by atoms with Gasteiger partial charge in [0.1, 0.15) is 24.0 Å². The van der Waals surface area contributed by atoms with E-state index in [4.69, 9.17) is 11.5 Å². The summed E-state index contributed by atoms with van der Waals surface area (Å²) in [5.41, 5.74) is 13.9. The molecule has 0 saturated heterocycles. The van der Waals surface area contributed by atoms with E-state index in [0.717, 1.165) is 5.56 Å². The largest absolute Gasteiger partial charge is 0.508 e. The maximum Gasteiger partial charge on any atom is 0.349 e. The number of nitrogens with one attached hydrogen (secondary N) is 2. The number of imide groups is 1. The molecule has 12 heteroatoms. The smallest absolute Gasteiger partial charge is 0.349 e. The summed E-state index contributed by atoms with van der Waals surface area (Å²) in [4.78, 5) is 56.2. The van der Waals surface area contributed by atoms with Gasteiger partial charge in [-0.1, -0.05) is 54.6 Å². The maximum absolute atomic E-state index is 15.0. The number of hydrogen-bond acceptors (Lipinski definition) is 9. The van der Waals surface area contributed by atoms with Crippen molar-refractivity contribution in [3.05, 3.63) is 95.6 Å². The lowest BCUT2D eigenvalue weighted by Crippen LogP contribution is -2.74. The zero-order chi connectivity index (χ0) is 33.0. The first-order valence-electron chi connectivity index (χ1n) is 14.6. The number of hydrogen-bond donors (Lipinski definition) is 6. The molecule has 0 saturated carbocycles. The lowest BCUT2D eigenvalue weighted by atomic mass is 9.96. The Balaban J connectivity index is 2.17. The van der Waals surface area contributed by atoms with Crippen LogP contribution in [0.1, 0.15) is 23.1 Å². The number of likely N-dealkylation sites (N-methyl/N-ethyl adjacent to an activating group) is 1. The lowest BCUT2D eigenvalue weighted by Gasteiger charge is -2.40. The van der Waals surface area contributed by atoms with Crippen molar-refractivity contribution in [2.24, 2.45) is 11.5 Å². The van der Waals surface area contributed by atoms with Crippen molar-refractivity contribution in [1.29, 1.82) is 0 Å². The van der Waals surface area contributed by atoms with Crippen LogP contribution in [0.15, 0.2) is 78.9 Å². The molecule has 8 N–H and O–H groups in total. The van der Waals surface area contributed by atoms with Gasteiger partial charge in [0.05, 0.1) is 12.6 Å². The summed E-state index contributed by atoms with van der Waals surface area (Å²) < 4.78 is -1.17. The van der Waals surface area contributed by atoms with E-state index in [1.54, 1.807) is 61.6 Å². The van der Waals surface area contributed by atoms with Crippen molar-refractivity contribution < 1.29 is 29.4 Å². The molecule has 0 fully saturated rings. The molecule has 3 rings (SSSR count). The second kappa shape index (κ2) is 16.8. The minimum atomic E-state index is -1.42. The van der Waals surface area contributed by atoms with E-state index in [-0.39, 0.29) is 37.3 Å². The molecule has 4 atom stereocenters. The van der Waals surface area contributed by atoms with E-state index in [2.05, 4.69) is 10.6 Å². The highest BCUT2D eigenvalue weighted by Gasteiger charge is 2.57. The molecule has 0 aliphatic heterocycles. The molecular weight excluding hydrogens is 594 g/mol. The van der Waals surface area contributed by atoms with Crippen molar-refractivity contribution in [3.63, 3.8) is 0 Å². The van der Waals surface area contributed by atoms with Crippen LogP contribution in [0.4, 0.5) is 5.69 Å². The van der Waals surface area contributed by atoms with Crippen molar-refractivity contribution in [1.82, 2.24) is 15.1 Å². The van der Waals surface area contributed by atoms with Crippen molar-refractivity contribution in [2.45, 2.75) is 44.0 Å². The van der Waals surface area contributed by atoms with Crippen LogP contribution in [-0.4, -0.2) is 77.6 Å². The Hall–Kier alpha value is -4.07. The molecule has 0 spiro atoms. The Morgan fingerprint density at radius 1 is 0.889 bits per heavy atom. The average molecular weight is 637 g/mol. The number of primary amides is 1. The first kappa shape index (κ1) is 35.4. The number of amides is 4. The zero-order valence-electron chi connectivity index (χ0n) is 25.5. The Morgan fingerprint density at radius 2 is 1.53 bits per heavy atom. The van der Waals surface area contributed by atoms with E-state index in [9.17, 15) is 24.6 Å². The van der Waals surface area contributed by atoms with E-state index in [1.165, 1.54) is 36.0 Å². The second-order valence-corrected chi connectivity index (χ2v) is 11.6. The molecule has 3 aromatic carbocycles. The number of nitrogens with two attached hydrogens (primary N) is 2. The van der Waals surface area contributed by atoms with Gasteiger partial charge in [-0.3, -0.25) is 9.59 Å². The summed E-state index contributed by atoms with van der Waals surface area (Å²) in [6.45, 7) is -0.983. The summed E-state index contributed by atoms with van der Waals surface area (Å²) in [6.07, 6.45) is 2.18. The van der Waals surface area contributed by atoms with Gasteiger partial charge in [-0.2, -0.15) is 16.2 Å². The number of aliphatic hydroxyl groups excluding tert-OH is 1. The number of quaternary nitrogens is 1. The fourth-order valence-corrected chi connectivity index (χ4v) is 5.86. The number of carbonyl (C=O) groups is 4. The molecular formula is C33H42N5O6S+. The molecule has 0 aliphatic carbocycles. The van der Waals surface area contributed by atoms with E-state index < -0.39 is 52.8 Å². The molecule has 1 unspecified atom stereocenters. The fraction of sp³-hybridized carbons (Fsp3) is 0.333. The number of thioether (sulfide) groups is 1. The molecule has 3 aromatic rings. The maximum atomic E-state index is 15.0. The number of phenols is 1. The molecule has 0 heterocycles. The average Bonchev–Trinajstić information content (AvgIpc) is 3.06. The topological polar surface area (TPSA) is 185 Å². The third-order valence-electron chi connectivity index (χ3n) is 7.75. The van der Waals surface area contributed by atoms with E-state index in [0.29, 0.717) is 16.9 Å². The Morgan fingerprint density at radius 3 is 2.11 bits per heavy atom. The van der Waals surface area contributed by atoms with Gasteiger partial charge in [0, 0.05) is 18.6 Å². The number of carbonyl (C=O) groups excluding carboxylic acids is 4. The molecule has 0 aromatic heterocycles. The lowest BCUT2D eigenvalue weighted by molar-refractivity contribution is -0.151. The monoisotopic (exact) mass is 636 g/mol. The highest BCUT2D eigenvalue weighted by molar-refractivity contribution is 7.98. The molecule has 0 bridgehead atoms. The fourth-order valence-electron chi connectivity index (χ4n) is 5.39. The summed E-state index contributed by atoms with van der Waals surface area (Å²) in [6, 6.07) is 18.1. The number of phenolic OH excluding ortho intramolecular Hbond substituents is 1. The van der Waals surface area contributed by atoms with Crippen LogP contribution in [0.25, 0.3) is 0 Å². The van der Waals surface area contributed by atoms with Crippen LogP contribution in [0.3, 0.4) is 0 Å². The third-order valence-corrected chi connectivity index (χ3v) is 8.39. The quantitative estimate of drug-likeness (QED) is 0.126. The van der Waals surface area contributed by atoms with Gasteiger partial charge in [0.25, 0.3) is 5.91 Å². The number of aromatic hydroxyl groups is 1. The standard InChI is InChI=1S/C33H41N5O6S/c1-36-28(18-23-11-13-26(40)14-12-23)32(43)37-27(15-16-45-2)33(44)38(30(41)20-34,25-10-6-9-24(17-25)21-39)29(31(35)42)19-22-7-4-3-5-8-22/h3-14,17,27-29,36,39H,15-16,18-21,34H2,1-2H3,(H3-,35,37,40,42,43)/p+1/t27-,28+,29+,38?/m1/s1. The van der Waals surface area contributed by atoms with E-state index >= 15 is 4.79 Å². The second-order valence-electron chi connectivity index (χ2n) is 10.6. The molecule has 4 amide bonds. The van der Waals surface area contributed by atoms with Crippen LogP contribution in [0, 0.1) is 0 Å². The normalized spacial score (nSPS) is 14.5. The van der Waals surface area contributed by atoms with Crippen LogP contribution < -0.4 is 26.6 Å². The summed E-state index contributed by atoms with van der Waals surface area (Å²) >= 11 is 1.45. The Bertz CT molecular complexity index is 1460. The molecule has 240 valence electrons. The first-order valence-corrected chi connectivity index (χ1v) is 16.0. The van der Waals surface area contributed by atoms with E-state index in [1.807, 2.05) is 6.26 Å². The van der Waals surface area contributed by atoms with Gasteiger partial charge in [-0.05, 0) is 60.7 Å². The zero-order valence-corrected chi connectivity index (χ0v) is 26.3. The summed E-state index contributed by atoms with van der Waals surface area (Å²) in [7, 11) is 1.62. The minimum absolute atomic E-state index is 0.0693. The SMILES string of the molecule is CN[C@@H](Cc1ccc(O)cc1)C(=O)N[C@H](CCSC)C(=O)[N+](C(=O)CN)(c1cccc(CO)c1)[C@@H](Cc1ccccc1)C(N)=O. The first-order chi connectivity index (χ1) is 21.6. The predicted molar refractivity (Wildman–Crippen MR) is 176 cm³/mol. The number of nitrogens with zero attached hydrogens (tertiary/aromatic N) is 1. The van der Waals surface area contributed by atoms with Gasteiger partial charge in [0.2, 0.25) is 5.91 Å². The summed E-state index contributed by atoms with van der Waals surface area (Å²) in [5.74, 6) is -2.40. The highest BCUT2D eigenvalue weighted by Crippen LogP contribution is 2.33. The highest BCUT2D eigenvalue weighted by atomic mass is 32.2. The third kappa shape index (κ3) is 8.56. The van der Waals surface area contributed by atoms with Crippen molar-refractivity contribution in [2.75, 3.05) is 25.6 Å². The van der Waals surface area contributed by atoms with Crippen LogP contribution >= 0.6 is 11.8 Å². The van der Waals surface area contributed by atoms with Crippen LogP contribution in [0.2, 0.25) is 0 Å². The van der Waals surface area contributed by atoms with Gasteiger partial charge >= 0.3 is 11.8 Å². The number of rotatable bonds is 16. The van der Waals surface area contributed by atoms with Crippen molar-refractivity contribution in [3.8, 4) is 5.75 Å². The molecule has 0 radical (unpaired) electrons. The Kier molecular flexibility index (Phi) is 13.3. The minimum Gasteiger partial charge on any atom is -0.508 e. The van der Waals surface area contributed by atoms with Crippen LogP contribution in [0.5, 0.6) is 5.75 Å². The molecule has 11 nitrogen and oxygen atoms in total. The van der Waals surface area contributed by atoms with Gasteiger partial charge in [-0.25, -0.2) is 9.59 Å². The summed E-state index contributed by atoms with van der Waals surface area (Å²) in [5, 5.41) is 25.4. The predicted octanol–water partition coefficient (Wildman–Crippen LogP) is 1.37. The number of benzene rings is 3. The van der Waals surface area contributed by atoms with Crippen molar-refractivity contribution >= 4 is 41.1 Å². The van der Waals surface area contributed by atoms with Gasteiger partial charge in [-0.15, -0.1) is 0 Å². The van der Waals surface area contributed by atoms with Gasteiger partial charge in [0.15, 0.2) is 6.04 Å².